The predicted octanol–water partition coefficient (Wildman–Crippen LogP) is 2.73. The third-order valence-electron chi connectivity index (χ3n) is 2.73. The minimum Gasteiger partial charge on any atom is -0.313 e. The number of nitriles is 1. The van der Waals surface area contributed by atoms with Crippen LogP contribution in [0, 0.1) is 11.3 Å². The summed E-state index contributed by atoms with van der Waals surface area (Å²) in [6.07, 6.45) is 3.35. The molecule has 0 aliphatic carbocycles. The second-order valence-electron chi connectivity index (χ2n) is 4.05. The van der Waals surface area contributed by atoms with Gasteiger partial charge in [0.2, 0.25) is 0 Å². The molecule has 3 nitrogen and oxygen atoms in total. The number of rotatable bonds is 4. The Morgan fingerprint density at radius 2 is 1.94 bits per heavy atom. The SMILES string of the molecule is CCNCc1ccc(-c2cncc(C#N)c2)cc1. The summed E-state index contributed by atoms with van der Waals surface area (Å²) in [5.41, 5.74) is 3.90. The lowest BCUT2D eigenvalue weighted by Crippen LogP contribution is -2.11. The van der Waals surface area contributed by atoms with Crippen molar-refractivity contribution in [3.8, 4) is 17.2 Å². The molecule has 1 aromatic heterocycles. The Hall–Kier alpha value is -2.18. The highest BCUT2D eigenvalue weighted by Gasteiger charge is 2.00. The van der Waals surface area contributed by atoms with Crippen LogP contribution >= 0.6 is 0 Å². The maximum atomic E-state index is 8.85. The van der Waals surface area contributed by atoms with Crippen LogP contribution in [0.1, 0.15) is 18.1 Å². The highest BCUT2D eigenvalue weighted by molar-refractivity contribution is 5.64. The number of hydrogen-bond acceptors (Lipinski definition) is 3. The fourth-order valence-electron chi connectivity index (χ4n) is 1.74. The summed E-state index contributed by atoms with van der Waals surface area (Å²) in [7, 11) is 0. The van der Waals surface area contributed by atoms with Gasteiger partial charge in [0.1, 0.15) is 6.07 Å². The molecule has 0 aliphatic heterocycles. The molecule has 2 aromatic rings. The molecule has 0 radical (unpaired) electrons. The second kappa shape index (κ2) is 5.95. The monoisotopic (exact) mass is 237 g/mol. The number of benzene rings is 1. The lowest BCUT2D eigenvalue weighted by Gasteiger charge is -2.05. The summed E-state index contributed by atoms with van der Waals surface area (Å²) in [6.45, 7) is 3.94. The molecule has 0 spiro atoms. The predicted molar refractivity (Wildman–Crippen MR) is 71.8 cm³/mol. The lowest BCUT2D eigenvalue weighted by atomic mass is 10.0. The van der Waals surface area contributed by atoms with E-state index in [0.29, 0.717) is 5.56 Å². The summed E-state index contributed by atoms with van der Waals surface area (Å²) in [5.74, 6) is 0. The van der Waals surface area contributed by atoms with Crippen LogP contribution in [0.2, 0.25) is 0 Å². The topological polar surface area (TPSA) is 48.7 Å². The third-order valence-corrected chi connectivity index (χ3v) is 2.73. The van der Waals surface area contributed by atoms with Crippen LogP contribution in [-0.4, -0.2) is 11.5 Å². The van der Waals surface area contributed by atoms with Gasteiger partial charge in [-0.15, -0.1) is 0 Å². The smallest absolute Gasteiger partial charge is 0.101 e. The number of nitrogens with one attached hydrogen (secondary N) is 1. The van der Waals surface area contributed by atoms with Crippen LogP contribution in [0.4, 0.5) is 0 Å². The minimum absolute atomic E-state index is 0.587. The van der Waals surface area contributed by atoms with Crippen molar-refractivity contribution in [1.82, 2.24) is 10.3 Å². The number of nitrogens with zero attached hydrogens (tertiary/aromatic N) is 2. The first-order chi connectivity index (χ1) is 8.83. The summed E-state index contributed by atoms with van der Waals surface area (Å²) in [6, 6.07) is 12.3. The van der Waals surface area contributed by atoms with E-state index in [9.17, 15) is 0 Å². The molecule has 0 bridgehead atoms. The molecule has 90 valence electrons. The molecule has 1 aromatic carbocycles. The van der Waals surface area contributed by atoms with E-state index in [1.165, 1.54) is 5.56 Å². The molecule has 0 saturated heterocycles. The standard InChI is InChI=1S/C15H15N3/c1-2-17-9-12-3-5-14(6-4-12)15-7-13(8-16)10-18-11-15/h3-7,10-11,17H,2,9H2,1H3. The highest BCUT2D eigenvalue weighted by Crippen LogP contribution is 2.19. The van der Waals surface area contributed by atoms with Crippen molar-refractivity contribution < 1.29 is 0 Å². The fraction of sp³-hybridized carbons (Fsp3) is 0.200. The maximum Gasteiger partial charge on any atom is 0.101 e. The van der Waals surface area contributed by atoms with Crippen molar-refractivity contribution in [2.45, 2.75) is 13.5 Å². The highest BCUT2D eigenvalue weighted by atomic mass is 14.8. The van der Waals surface area contributed by atoms with Crippen LogP contribution in [0.25, 0.3) is 11.1 Å². The van der Waals surface area contributed by atoms with E-state index in [0.717, 1.165) is 24.2 Å². The molecule has 0 aliphatic rings. The summed E-state index contributed by atoms with van der Waals surface area (Å²) < 4.78 is 0. The van der Waals surface area contributed by atoms with Gasteiger partial charge in [-0.1, -0.05) is 31.2 Å². The molecule has 1 heterocycles. The summed E-state index contributed by atoms with van der Waals surface area (Å²) in [4.78, 5) is 4.07. The van der Waals surface area contributed by atoms with Gasteiger partial charge in [-0.25, -0.2) is 0 Å². The molecular formula is C15H15N3. The molecule has 3 heteroatoms. The Morgan fingerprint density at radius 3 is 2.61 bits per heavy atom. The van der Waals surface area contributed by atoms with Crippen molar-refractivity contribution in [2.75, 3.05) is 6.54 Å². The van der Waals surface area contributed by atoms with Crippen molar-refractivity contribution >= 4 is 0 Å². The molecular weight excluding hydrogens is 222 g/mol. The molecule has 0 atom stereocenters. The van der Waals surface area contributed by atoms with Crippen LogP contribution in [0.5, 0.6) is 0 Å². The normalized spacial score (nSPS) is 10.0. The zero-order valence-electron chi connectivity index (χ0n) is 10.4. The quantitative estimate of drug-likeness (QED) is 0.889. The average Bonchev–Trinajstić information content (AvgIpc) is 2.46. The maximum absolute atomic E-state index is 8.85. The van der Waals surface area contributed by atoms with E-state index >= 15 is 0 Å². The van der Waals surface area contributed by atoms with Crippen molar-refractivity contribution in [3.63, 3.8) is 0 Å². The largest absolute Gasteiger partial charge is 0.313 e. The lowest BCUT2D eigenvalue weighted by molar-refractivity contribution is 0.727. The van der Waals surface area contributed by atoms with E-state index in [1.807, 2.05) is 6.07 Å². The van der Waals surface area contributed by atoms with Gasteiger partial charge in [-0.2, -0.15) is 5.26 Å². The Balaban J connectivity index is 2.21. The van der Waals surface area contributed by atoms with Gasteiger partial charge in [0, 0.05) is 24.5 Å². The number of aromatic nitrogens is 1. The number of pyridine rings is 1. The Bertz CT molecular complexity index is 553. The van der Waals surface area contributed by atoms with Crippen molar-refractivity contribution in [3.05, 3.63) is 53.9 Å². The second-order valence-corrected chi connectivity index (χ2v) is 4.05. The van der Waals surface area contributed by atoms with Crippen LogP contribution in [0.15, 0.2) is 42.7 Å². The molecule has 18 heavy (non-hydrogen) atoms. The van der Waals surface area contributed by atoms with Gasteiger partial charge in [0.05, 0.1) is 5.56 Å². The van der Waals surface area contributed by atoms with Gasteiger partial charge in [-0.05, 0) is 23.7 Å². The molecule has 0 saturated carbocycles. The van der Waals surface area contributed by atoms with Crippen LogP contribution in [-0.2, 0) is 6.54 Å². The van der Waals surface area contributed by atoms with Crippen LogP contribution < -0.4 is 5.32 Å². The van der Waals surface area contributed by atoms with Gasteiger partial charge < -0.3 is 5.32 Å². The van der Waals surface area contributed by atoms with Gasteiger partial charge in [0.15, 0.2) is 0 Å². The van der Waals surface area contributed by atoms with Crippen molar-refractivity contribution in [1.29, 1.82) is 5.26 Å². The zero-order chi connectivity index (χ0) is 12.8. The number of hydrogen-bond donors (Lipinski definition) is 1. The van der Waals surface area contributed by atoms with Gasteiger partial charge in [-0.3, -0.25) is 4.98 Å². The summed E-state index contributed by atoms with van der Waals surface area (Å²) in [5, 5.41) is 12.1. The minimum atomic E-state index is 0.587. The Labute approximate surface area is 107 Å². The molecule has 0 unspecified atom stereocenters. The van der Waals surface area contributed by atoms with E-state index < -0.39 is 0 Å². The third kappa shape index (κ3) is 2.93. The molecule has 0 amide bonds. The van der Waals surface area contributed by atoms with Crippen LogP contribution in [0.3, 0.4) is 0 Å². The van der Waals surface area contributed by atoms with E-state index in [-0.39, 0.29) is 0 Å². The van der Waals surface area contributed by atoms with Crippen molar-refractivity contribution in [2.24, 2.45) is 0 Å². The molecule has 0 fully saturated rings. The van der Waals surface area contributed by atoms with E-state index in [2.05, 4.69) is 47.6 Å². The summed E-state index contributed by atoms with van der Waals surface area (Å²) >= 11 is 0. The first-order valence-corrected chi connectivity index (χ1v) is 5.98. The average molecular weight is 237 g/mol. The Kier molecular flexibility index (Phi) is 4.06. The molecule has 1 N–H and O–H groups in total. The first kappa shape index (κ1) is 12.3. The molecule has 2 rings (SSSR count). The zero-order valence-corrected chi connectivity index (χ0v) is 10.4. The fourth-order valence-corrected chi connectivity index (χ4v) is 1.74. The van der Waals surface area contributed by atoms with Gasteiger partial charge >= 0.3 is 0 Å². The van der Waals surface area contributed by atoms with Gasteiger partial charge in [0.25, 0.3) is 0 Å². The Morgan fingerprint density at radius 1 is 1.17 bits per heavy atom. The first-order valence-electron chi connectivity index (χ1n) is 5.98. The van der Waals surface area contributed by atoms with E-state index in [1.54, 1.807) is 12.4 Å². The van der Waals surface area contributed by atoms with E-state index in [4.69, 9.17) is 5.26 Å².